The van der Waals surface area contributed by atoms with E-state index >= 15 is 0 Å². The summed E-state index contributed by atoms with van der Waals surface area (Å²) in [5, 5.41) is 8.56. The number of amidine groups is 1. The third-order valence-electron chi connectivity index (χ3n) is 5.01. The Balaban J connectivity index is 1.99. The van der Waals surface area contributed by atoms with E-state index in [1.54, 1.807) is 31.2 Å². The van der Waals surface area contributed by atoms with E-state index in [1.165, 1.54) is 0 Å². The van der Waals surface area contributed by atoms with Gasteiger partial charge in [0.1, 0.15) is 5.84 Å². The second-order valence-corrected chi connectivity index (χ2v) is 8.81. The van der Waals surface area contributed by atoms with Gasteiger partial charge in [0.2, 0.25) is 10.0 Å². The number of rotatable bonds is 6. The van der Waals surface area contributed by atoms with Crippen LogP contribution in [0, 0.1) is 5.41 Å². The molecule has 1 aliphatic rings. The third kappa shape index (κ3) is 3.37. The molecule has 1 fully saturated rings. The summed E-state index contributed by atoms with van der Waals surface area (Å²) in [7, 11) is -3.48. The molecule has 26 heavy (non-hydrogen) atoms. The van der Waals surface area contributed by atoms with Crippen LogP contribution in [0.5, 0.6) is 0 Å². The summed E-state index contributed by atoms with van der Waals surface area (Å²) in [5.74, 6) is 0.170. The zero-order valence-corrected chi connectivity index (χ0v) is 16.1. The van der Waals surface area contributed by atoms with Gasteiger partial charge in [-0.25, -0.2) is 13.1 Å². The molecule has 5 nitrogen and oxygen atoms in total. The second-order valence-electron chi connectivity index (χ2n) is 6.60. The molecule has 0 radical (unpaired) electrons. The largest absolute Gasteiger partial charge is 0.387 e. The Bertz CT molecular complexity index is 936. The van der Waals surface area contributed by atoms with Gasteiger partial charge in [0.15, 0.2) is 0 Å². The summed E-state index contributed by atoms with van der Waals surface area (Å²) >= 11 is 6.32. The van der Waals surface area contributed by atoms with Crippen molar-refractivity contribution in [2.45, 2.75) is 36.5 Å². The molecule has 138 valence electrons. The first-order valence-corrected chi connectivity index (χ1v) is 10.4. The molecule has 1 aliphatic carbocycles. The van der Waals surface area contributed by atoms with Gasteiger partial charge < -0.3 is 5.73 Å². The summed E-state index contributed by atoms with van der Waals surface area (Å²) in [6, 6.07) is 12.4. The van der Waals surface area contributed by atoms with E-state index in [9.17, 15) is 8.42 Å². The van der Waals surface area contributed by atoms with Crippen molar-refractivity contribution in [1.29, 1.82) is 5.41 Å². The van der Waals surface area contributed by atoms with E-state index in [0.717, 1.165) is 36.0 Å². The minimum atomic E-state index is -3.48. The summed E-state index contributed by atoms with van der Waals surface area (Å²) in [6.45, 7) is 2.08. The van der Waals surface area contributed by atoms with E-state index in [2.05, 4.69) is 4.72 Å². The van der Waals surface area contributed by atoms with Gasteiger partial charge in [-0.05, 0) is 53.8 Å². The highest BCUT2D eigenvalue weighted by atomic mass is 35.5. The van der Waals surface area contributed by atoms with Crippen molar-refractivity contribution in [1.82, 2.24) is 4.72 Å². The van der Waals surface area contributed by atoms with Crippen LogP contribution in [0.15, 0.2) is 47.4 Å². The number of hydrogen-bond acceptors (Lipinski definition) is 3. The van der Waals surface area contributed by atoms with Crippen LogP contribution in [-0.2, 0) is 15.4 Å². The van der Waals surface area contributed by atoms with E-state index in [1.807, 2.05) is 18.2 Å². The van der Waals surface area contributed by atoms with Crippen LogP contribution >= 0.6 is 11.6 Å². The molecule has 4 N–H and O–H groups in total. The van der Waals surface area contributed by atoms with Gasteiger partial charge >= 0.3 is 0 Å². The summed E-state index contributed by atoms with van der Waals surface area (Å²) in [5.41, 5.74) is 8.14. The second kappa shape index (κ2) is 7.02. The number of nitrogens with two attached hydrogens (primary N) is 1. The van der Waals surface area contributed by atoms with Gasteiger partial charge in [-0.3, -0.25) is 5.41 Å². The number of halogens is 1. The fraction of sp³-hybridized carbons (Fsp3) is 0.316. The highest BCUT2D eigenvalue weighted by molar-refractivity contribution is 7.89. The Morgan fingerprint density at radius 2 is 1.85 bits per heavy atom. The zero-order chi connectivity index (χ0) is 18.9. The lowest BCUT2D eigenvalue weighted by Crippen LogP contribution is -2.46. The Hall–Kier alpha value is -1.89. The molecule has 0 atom stereocenters. The molecule has 0 saturated heterocycles. The predicted octanol–water partition coefficient (Wildman–Crippen LogP) is 3.66. The van der Waals surface area contributed by atoms with Crippen molar-refractivity contribution < 1.29 is 8.42 Å². The first kappa shape index (κ1) is 18.9. The molecule has 0 bridgehead atoms. The van der Waals surface area contributed by atoms with Crippen LogP contribution in [0.25, 0.3) is 11.1 Å². The lowest BCUT2D eigenvalue weighted by atomic mass is 9.63. The molecule has 3 rings (SSSR count). The van der Waals surface area contributed by atoms with Gasteiger partial charge in [-0.1, -0.05) is 43.1 Å². The van der Waals surface area contributed by atoms with Crippen LogP contribution in [0.4, 0.5) is 0 Å². The van der Waals surface area contributed by atoms with Crippen LogP contribution in [0.2, 0.25) is 5.02 Å². The van der Waals surface area contributed by atoms with Gasteiger partial charge in [0.25, 0.3) is 0 Å². The maximum atomic E-state index is 12.1. The average molecular weight is 392 g/mol. The molecule has 2 aromatic rings. The quantitative estimate of drug-likeness (QED) is 0.517. The number of sulfonamides is 1. The molecule has 2 aromatic carbocycles. The standard InChI is InChI=1S/C19H22ClN3O2S/c1-2-23-26(24,25)17-6-4-13(5-7-17)14-10-15(12-16(20)11-14)19(18(21)22)8-3-9-19/h4-7,10-12,23H,2-3,8-9H2,1H3,(H3,21,22). The van der Waals surface area contributed by atoms with Crippen LogP contribution in [0.3, 0.4) is 0 Å². The van der Waals surface area contributed by atoms with Crippen molar-refractivity contribution in [2.75, 3.05) is 6.54 Å². The molecule has 0 heterocycles. The van der Waals surface area contributed by atoms with Gasteiger partial charge in [-0.2, -0.15) is 0 Å². The first-order valence-electron chi connectivity index (χ1n) is 8.54. The Morgan fingerprint density at radius 3 is 2.35 bits per heavy atom. The highest BCUT2D eigenvalue weighted by Gasteiger charge is 2.42. The van der Waals surface area contributed by atoms with Gasteiger partial charge in [0, 0.05) is 11.6 Å². The van der Waals surface area contributed by atoms with Gasteiger partial charge in [0.05, 0.1) is 10.3 Å². The van der Waals surface area contributed by atoms with Crippen molar-refractivity contribution >= 4 is 27.5 Å². The molecule has 0 aliphatic heterocycles. The SMILES string of the molecule is CCNS(=O)(=O)c1ccc(-c2cc(Cl)cc(C3(C(=N)N)CCC3)c2)cc1. The minimum absolute atomic E-state index is 0.170. The van der Waals surface area contributed by atoms with Gasteiger partial charge in [-0.15, -0.1) is 0 Å². The zero-order valence-electron chi connectivity index (χ0n) is 14.5. The summed E-state index contributed by atoms with van der Waals surface area (Å²) < 4.78 is 26.6. The summed E-state index contributed by atoms with van der Waals surface area (Å²) in [6.07, 6.45) is 2.74. The van der Waals surface area contributed by atoms with E-state index in [0.29, 0.717) is 11.6 Å². The number of hydrogen-bond donors (Lipinski definition) is 3. The summed E-state index contributed by atoms with van der Waals surface area (Å²) in [4.78, 5) is 0.226. The smallest absolute Gasteiger partial charge is 0.240 e. The van der Waals surface area contributed by atoms with Crippen molar-refractivity contribution in [2.24, 2.45) is 5.73 Å². The molecule has 0 aromatic heterocycles. The molecule has 0 amide bonds. The Kier molecular flexibility index (Phi) is 5.10. The topological polar surface area (TPSA) is 96.0 Å². The van der Waals surface area contributed by atoms with Crippen LogP contribution < -0.4 is 10.5 Å². The average Bonchev–Trinajstić information content (AvgIpc) is 2.53. The van der Waals surface area contributed by atoms with Crippen LogP contribution in [0.1, 0.15) is 31.7 Å². The van der Waals surface area contributed by atoms with E-state index in [-0.39, 0.29) is 10.7 Å². The monoisotopic (exact) mass is 391 g/mol. The van der Waals surface area contributed by atoms with Crippen molar-refractivity contribution in [3.8, 4) is 11.1 Å². The lowest BCUT2D eigenvalue weighted by molar-refractivity contribution is 0.337. The Labute approximate surface area is 159 Å². The highest BCUT2D eigenvalue weighted by Crippen LogP contribution is 2.45. The fourth-order valence-corrected chi connectivity index (χ4v) is 4.65. The van der Waals surface area contributed by atoms with E-state index in [4.69, 9.17) is 22.7 Å². The van der Waals surface area contributed by atoms with E-state index < -0.39 is 15.4 Å². The molecule has 7 heteroatoms. The number of nitrogens with one attached hydrogen (secondary N) is 2. The number of benzene rings is 2. The molecule has 0 unspecified atom stereocenters. The molecule has 1 saturated carbocycles. The van der Waals surface area contributed by atoms with Crippen LogP contribution in [-0.4, -0.2) is 20.8 Å². The Morgan fingerprint density at radius 1 is 1.19 bits per heavy atom. The molecular weight excluding hydrogens is 370 g/mol. The molecular formula is C19H22ClN3O2S. The molecule has 0 spiro atoms. The third-order valence-corrected chi connectivity index (χ3v) is 6.79. The fourth-order valence-electron chi connectivity index (χ4n) is 3.38. The maximum absolute atomic E-state index is 12.1. The minimum Gasteiger partial charge on any atom is -0.387 e. The predicted molar refractivity (Wildman–Crippen MR) is 105 cm³/mol. The van der Waals surface area contributed by atoms with Crippen molar-refractivity contribution in [3.05, 3.63) is 53.1 Å². The lowest BCUT2D eigenvalue weighted by Gasteiger charge is -2.41. The normalized spacial score (nSPS) is 16.1. The van der Waals surface area contributed by atoms with Crippen molar-refractivity contribution in [3.63, 3.8) is 0 Å². The maximum Gasteiger partial charge on any atom is 0.240 e. The first-order chi connectivity index (χ1) is 12.3.